The number of aromatic amines is 2. The lowest BCUT2D eigenvalue weighted by molar-refractivity contribution is 0.102. The van der Waals surface area contributed by atoms with E-state index in [-0.39, 0.29) is 5.78 Å². The molecule has 0 aliphatic carbocycles. The van der Waals surface area contributed by atoms with E-state index < -0.39 is 0 Å². The molecule has 3 nitrogen and oxygen atoms in total. The fraction of sp³-hybridized carbons (Fsp3) is 0.471. The van der Waals surface area contributed by atoms with E-state index >= 15 is 0 Å². The number of aryl methyl sites for hydroxylation is 2. The van der Waals surface area contributed by atoms with E-state index in [1.807, 2.05) is 27.7 Å². The molecule has 0 radical (unpaired) electrons. The molecule has 2 N–H and O–H groups in total. The second-order valence-corrected chi connectivity index (χ2v) is 5.49. The summed E-state index contributed by atoms with van der Waals surface area (Å²) in [5.74, 6) is 0.0746. The predicted octanol–water partition coefficient (Wildman–Crippen LogP) is 3.93. The fourth-order valence-corrected chi connectivity index (χ4v) is 3.22. The Morgan fingerprint density at radius 1 is 0.800 bits per heavy atom. The van der Waals surface area contributed by atoms with Crippen LogP contribution in [0.15, 0.2) is 0 Å². The number of aromatic nitrogens is 2. The molecular formula is C17H24N2O. The number of nitrogens with one attached hydrogen (secondary N) is 2. The van der Waals surface area contributed by atoms with Gasteiger partial charge in [-0.3, -0.25) is 4.79 Å². The highest BCUT2D eigenvalue weighted by atomic mass is 16.1. The third-order valence-electron chi connectivity index (χ3n) is 4.35. The Bertz CT molecular complexity index is 603. The van der Waals surface area contributed by atoms with Crippen molar-refractivity contribution in [2.75, 3.05) is 0 Å². The molecule has 3 heteroatoms. The number of carbonyl (C=O) groups excluding carboxylic acids is 1. The average molecular weight is 272 g/mol. The SMILES string of the molecule is CCc1c(C)[nH]c(C(=O)c2[nH]c(C)c(CC)c2C)c1C. The van der Waals surface area contributed by atoms with E-state index in [0.717, 1.165) is 46.7 Å². The molecule has 2 rings (SSSR count). The molecule has 0 saturated heterocycles. The first-order chi connectivity index (χ1) is 9.42. The minimum Gasteiger partial charge on any atom is -0.355 e. The van der Waals surface area contributed by atoms with Crippen molar-refractivity contribution in [2.24, 2.45) is 0 Å². The fourth-order valence-electron chi connectivity index (χ4n) is 3.22. The van der Waals surface area contributed by atoms with E-state index in [2.05, 4.69) is 23.8 Å². The second-order valence-electron chi connectivity index (χ2n) is 5.49. The first-order valence-corrected chi connectivity index (χ1v) is 7.33. The van der Waals surface area contributed by atoms with Gasteiger partial charge >= 0.3 is 0 Å². The highest BCUT2D eigenvalue weighted by Crippen LogP contribution is 2.24. The van der Waals surface area contributed by atoms with Crippen LogP contribution in [0.2, 0.25) is 0 Å². The summed E-state index contributed by atoms with van der Waals surface area (Å²) in [5, 5.41) is 0. The molecule has 0 spiro atoms. The van der Waals surface area contributed by atoms with Crippen molar-refractivity contribution in [3.8, 4) is 0 Å². The van der Waals surface area contributed by atoms with Gasteiger partial charge in [-0.2, -0.15) is 0 Å². The van der Waals surface area contributed by atoms with Crippen molar-refractivity contribution in [2.45, 2.75) is 54.4 Å². The predicted molar refractivity (Wildman–Crippen MR) is 82.7 cm³/mol. The van der Waals surface area contributed by atoms with Gasteiger partial charge in [0, 0.05) is 11.4 Å². The molecule has 2 heterocycles. The third-order valence-corrected chi connectivity index (χ3v) is 4.35. The van der Waals surface area contributed by atoms with Gasteiger partial charge in [0.1, 0.15) is 0 Å². The summed E-state index contributed by atoms with van der Waals surface area (Å²) in [4.78, 5) is 19.3. The Hall–Kier alpha value is -1.77. The smallest absolute Gasteiger partial charge is 0.225 e. The van der Waals surface area contributed by atoms with Crippen LogP contribution in [0.25, 0.3) is 0 Å². The average Bonchev–Trinajstić information content (AvgIpc) is 2.85. The zero-order valence-corrected chi connectivity index (χ0v) is 13.3. The van der Waals surface area contributed by atoms with Crippen molar-refractivity contribution in [1.29, 1.82) is 0 Å². The van der Waals surface area contributed by atoms with Gasteiger partial charge in [0.25, 0.3) is 0 Å². The molecule has 0 aliphatic heterocycles. The quantitative estimate of drug-likeness (QED) is 0.814. The summed E-state index contributed by atoms with van der Waals surface area (Å²) in [7, 11) is 0. The number of hydrogen-bond acceptors (Lipinski definition) is 1. The van der Waals surface area contributed by atoms with Crippen LogP contribution in [0.5, 0.6) is 0 Å². The largest absolute Gasteiger partial charge is 0.355 e. The molecule has 0 aliphatic rings. The molecule has 0 aromatic carbocycles. The first kappa shape index (κ1) is 14.6. The van der Waals surface area contributed by atoms with Crippen molar-refractivity contribution >= 4 is 5.78 Å². The van der Waals surface area contributed by atoms with Gasteiger partial charge in [0.15, 0.2) is 0 Å². The minimum atomic E-state index is 0.0746. The lowest BCUT2D eigenvalue weighted by atomic mass is 10.0. The van der Waals surface area contributed by atoms with Crippen molar-refractivity contribution in [3.05, 3.63) is 45.0 Å². The standard InChI is InChI=1S/C17H24N2O/c1-7-13-9(3)15(18-11(13)5)17(20)16-10(4)14(8-2)12(6)19-16/h18-19H,7-8H2,1-6H3. The molecule has 0 fully saturated rings. The second kappa shape index (κ2) is 5.31. The third kappa shape index (κ3) is 2.11. The van der Waals surface area contributed by atoms with Crippen molar-refractivity contribution in [3.63, 3.8) is 0 Å². The normalized spacial score (nSPS) is 11.1. The number of H-pyrrole nitrogens is 2. The van der Waals surface area contributed by atoms with Crippen LogP contribution in [-0.4, -0.2) is 15.8 Å². The van der Waals surface area contributed by atoms with Crippen LogP contribution in [0.1, 0.15) is 63.7 Å². The molecule has 0 amide bonds. The maximum Gasteiger partial charge on any atom is 0.225 e. The Kier molecular flexibility index (Phi) is 3.89. The summed E-state index contributed by atoms with van der Waals surface area (Å²) < 4.78 is 0. The zero-order valence-electron chi connectivity index (χ0n) is 13.3. The Morgan fingerprint density at radius 3 is 1.40 bits per heavy atom. The topological polar surface area (TPSA) is 48.6 Å². The number of carbonyl (C=O) groups is 1. The number of ketones is 1. The van der Waals surface area contributed by atoms with Gasteiger partial charge in [-0.1, -0.05) is 13.8 Å². The van der Waals surface area contributed by atoms with Crippen LogP contribution >= 0.6 is 0 Å². The molecular weight excluding hydrogens is 248 g/mol. The van der Waals surface area contributed by atoms with E-state index in [9.17, 15) is 4.79 Å². The van der Waals surface area contributed by atoms with Gasteiger partial charge in [0.05, 0.1) is 11.4 Å². The molecule has 108 valence electrons. The summed E-state index contributed by atoms with van der Waals surface area (Å²) in [5.41, 5.74) is 8.34. The molecule has 2 aromatic heterocycles. The maximum atomic E-state index is 12.8. The Balaban J connectivity index is 2.52. The van der Waals surface area contributed by atoms with E-state index in [1.165, 1.54) is 11.1 Å². The monoisotopic (exact) mass is 272 g/mol. The Morgan fingerprint density at radius 2 is 1.15 bits per heavy atom. The summed E-state index contributed by atoms with van der Waals surface area (Å²) in [6.07, 6.45) is 1.90. The van der Waals surface area contributed by atoms with Crippen LogP contribution in [0, 0.1) is 27.7 Å². The number of rotatable bonds is 4. The van der Waals surface area contributed by atoms with Crippen LogP contribution < -0.4 is 0 Å². The van der Waals surface area contributed by atoms with Crippen LogP contribution in [-0.2, 0) is 12.8 Å². The molecule has 2 aromatic rings. The lowest BCUT2D eigenvalue weighted by Gasteiger charge is -2.01. The lowest BCUT2D eigenvalue weighted by Crippen LogP contribution is -2.06. The van der Waals surface area contributed by atoms with Crippen molar-refractivity contribution < 1.29 is 4.79 Å². The van der Waals surface area contributed by atoms with Gasteiger partial charge in [-0.05, 0) is 62.8 Å². The summed E-state index contributed by atoms with van der Waals surface area (Å²) >= 11 is 0. The molecule has 20 heavy (non-hydrogen) atoms. The van der Waals surface area contributed by atoms with E-state index in [0.29, 0.717) is 0 Å². The van der Waals surface area contributed by atoms with Crippen LogP contribution in [0.3, 0.4) is 0 Å². The highest BCUT2D eigenvalue weighted by molar-refractivity contribution is 6.09. The zero-order chi connectivity index (χ0) is 15.0. The maximum absolute atomic E-state index is 12.8. The minimum absolute atomic E-state index is 0.0746. The van der Waals surface area contributed by atoms with Gasteiger partial charge in [-0.15, -0.1) is 0 Å². The first-order valence-electron chi connectivity index (χ1n) is 7.33. The molecule has 0 bridgehead atoms. The summed E-state index contributed by atoms with van der Waals surface area (Å²) in [6, 6.07) is 0. The number of hydrogen-bond donors (Lipinski definition) is 2. The van der Waals surface area contributed by atoms with E-state index in [4.69, 9.17) is 0 Å². The molecule has 0 unspecified atom stereocenters. The summed E-state index contributed by atoms with van der Waals surface area (Å²) in [6.45, 7) is 12.4. The van der Waals surface area contributed by atoms with Gasteiger partial charge in [-0.25, -0.2) is 0 Å². The molecule has 0 saturated carbocycles. The highest BCUT2D eigenvalue weighted by Gasteiger charge is 2.22. The van der Waals surface area contributed by atoms with Gasteiger partial charge in [0.2, 0.25) is 5.78 Å². The molecule has 0 atom stereocenters. The van der Waals surface area contributed by atoms with Crippen LogP contribution in [0.4, 0.5) is 0 Å². The Labute approximate surface area is 120 Å². The van der Waals surface area contributed by atoms with Gasteiger partial charge < -0.3 is 9.97 Å². The van der Waals surface area contributed by atoms with E-state index in [1.54, 1.807) is 0 Å². The van der Waals surface area contributed by atoms with Crippen molar-refractivity contribution in [1.82, 2.24) is 9.97 Å².